The summed E-state index contributed by atoms with van der Waals surface area (Å²) in [4.78, 5) is 24.5. The van der Waals surface area contributed by atoms with Crippen molar-refractivity contribution in [1.29, 1.82) is 0 Å². The number of nitrogens with one attached hydrogen (secondary N) is 1. The normalized spacial score (nSPS) is 10.6. The van der Waals surface area contributed by atoms with Crippen LogP contribution in [0.2, 0.25) is 0 Å². The average Bonchev–Trinajstić information content (AvgIpc) is 2.73. The molecule has 3 heteroatoms. The van der Waals surface area contributed by atoms with Gasteiger partial charge >= 0.3 is 0 Å². The molecule has 0 atom stereocenters. The minimum Gasteiger partial charge on any atom is -0.326 e. The Kier molecular flexibility index (Phi) is 10.1. The summed E-state index contributed by atoms with van der Waals surface area (Å²) in [6, 6.07) is 16.3. The molecule has 0 aliphatic heterocycles. The van der Waals surface area contributed by atoms with E-state index in [0.717, 1.165) is 18.5 Å². The second-order valence-corrected chi connectivity index (χ2v) is 7.40. The van der Waals surface area contributed by atoms with Gasteiger partial charge in [0.25, 0.3) is 0 Å². The van der Waals surface area contributed by atoms with Gasteiger partial charge in [0, 0.05) is 23.2 Å². The maximum Gasteiger partial charge on any atom is 0.224 e. The summed E-state index contributed by atoms with van der Waals surface area (Å²) in [7, 11) is 0. The van der Waals surface area contributed by atoms with Gasteiger partial charge in [-0.15, -0.1) is 0 Å². The molecule has 0 heterocycles. The van der Waals surface area contributed by atoms with Crippen LogP contribution in [0.3, 0.4) is 0 Å². The summed E-state index contributed by atoms with van der Waals surface area (Å²) < 4.78 is 0. The SMILES string of the molecule is CCCCCCCCCCCC(=O)Nc1ccc(C(=O)c2ccccc2)cc1. The van der Waals surface area contributed by atoms with Gasteiger partial charge in [0.15, 0.2) is 5.78 Å². The molecule has 2 rings (SSSR count). The van der Waals surface area contributed by atoms with Crippen molar-refractivity contribution in [2.24, 2.45) is 0 Å². The number of ketones is 1. The topological polar surface area (TPSA) is 46.2 Å². The summed E-state index contributed by atoms with van der Waals surface area (Å²) in [5.74, 6) is 0.0400. The summed E-state index contributed by atoms with van der Waals surface area (Å²) in [5, 5.41) is 2.92. The van der Waals surface area contributed by atoms with Crippen molar-refractivity contribution in [2.45, 2.75) is 71.1 Å². The lowest BCUT2D eigenvalue weighted by molar-refractivity contribution is -0.116. The highest BCUT2D eigenvalue weighted by atomic mass is 16.1. The van der Waals surface area contributed by atoms with Gasteiger partial charge in [-0.25, -0.2) is 0 Å². The van der Waals surface area contributed by atoms with E-state index in [1.807, 2.05) is 30.3 Å². The van der Waals surface area contributed by atoms with E-state index in [4.69, 9.17) is 0 Å². The Morgan fingerprint density at radius 1 is 0.679 bits per heavy atom. The summed E-state index contributed by atoms with van der Waals surface area (Å²) >= 11 is 0. The van der Waals surface area contributed by atoms with E-state index < -0.39 is 0 Å². The molecule has 0 aliphatic rings. The Bertz CT molecular complexity index is 707. The Morgan fingerprint density at radius 2 is 1.21 bits per heavy atom. The third kappa shape index (κ3) is 8.08. The zero-order chi connectivity index (χ0) is 20.0. The van der Waals surface area contributed by atoms with E-state index >= 15 is 0 Å². The third-order valence-electron chi connectivity index (χ3n) is 4.97. The third-order valence-corrected chi connectivity index (χ3v) is 4.97. The molecule has 0 saturated carbocycles. The Balaban J connectivity index is 1.64. The summed E-state index contributed by atoms with van der Waals surface area (Å²) in [5.41, 5.74) is 2.04. The van der Waals surface area contributed by atoms with Crippen LogP contribution >= 0.6 is 0 Å². The molecule has 1 amide bonds. The number of benzene rings is 2. The van der Waals surface area contributed by atoms with Crippen molar-refractivity contribution in [3.63, 3.8) is 0 Å². The van der Waals surface area contributed by atoms with E-state index in [0.29, 0.717) is 17.5 Å². The van der Waals surface area contributed by atoms with Crippen LogP contribution in [0, 0.1) is 0 Å². The molecule has 0 radical (unpaired) electrons. The fourth-order valence-electron chi connectivity index (χ4n) is 3.28. The molecule has 0 aromatic heterocycles. The highest BCUT2D eigenvalue weighted by Crippen LogP contribution is 2.15. The Labute approximate surface area is 169 Å². The first-order valence-corrected chi connectivity index (χ1v) is 10.7. The monoisotopic (exact) mass is 379 g/mol. The van der Waals surface area contributed by atoms with E-state index in [-0.39, 0.29) is 11.7 Å². The van der Waals surface area contributed by atoms with Crippen molar-refractivity contribution in [1.82, 2.24) is 0 Å². The fraction of sp³-hybridized carbons (Fsp3) is 0.440. The van der Waals surface area contributed by atoms with Gasteiger partial charge in [0.05, 0.1) is 0 Å². The van der Waals surface area contributed by atoms with Gasteiger partial charge in [0.1, 0.15) is 0 Å². The molecular formula is C25H33NO2. The molecular weight excluding hydrogens is 346 g/mol. The lowest BCUT2D eigenvalue weighted by Gasteiger charge is -2.07. The van der Waals surface area contributed by atoms with Crippen LogP contribution in [0.5, 0.6) is 0 Å². The first-order chi connectivity index (χ1) is 13.7. The molecule has 1 N–H and O–H groups in total. The number of hydrogen-bond acceptors (Lipinski definition) is 2. The molecule has 3 nitrogen and oxygen atoms in total. The van der Waals surface area contributed by atoms with Crippen LogP contribution in [0.4, 0.5) is 5.69 Å². The first kappa shape index (κ1) is 21.9. The summed E-state index contributed by atoms with van der Waals surface area (Å²) in [6.07, 6.45) is 11.8. The molecule has 0 unspecified atom stereocenters. The number of hydrogen-bond donors (Lipinski definition) is 1. The molecule has 28 heavy (non-hydrogen) atoms. The molecule has 2 aromatic carbocycles. The molecule has 0 aliphatic carbocycles. The van der Waals surface area contributed by atoms with Gasteiger partial charge in [0.2, 0.25) is 5.91 Å². The predicted molar refractivity (Wildman–Crippen MR) is 117 cm³/mol. The Hall–Kier alpha value is -2.42. The van der Waals surface area contributed by atoms with Crippen molar-refractivity contribution >= 4 is 17.4 Å². The van der Waals surface area contributed by atoms with Crippen LogP contribution in [0.1, 0.15) is 87.1 Å². The molecule has 0 fully saturated rings. The van der Waals surface area contributed by atoms with Crippen LogP contribution in [-0.2, 0) is 4.79 Å². The zero-order valence-electron chi connectivity index (χ0n) is 17.1. The van der Waals surface area contributed by atoms with Crippen molar-refractivity contribution in [3.8, 4) is 0 Å². The number of carbonyl (C=O) groups is 2. The van der Waals surface area contributed by atoms with E-state index in [1.165, 1.54) is 44.9 Å². The van der Waals surface area contributed by atoms with Crippen molar-refractivity contribution < 1.29 is 9.59 Å². The lowest BCUT2D eigenvalue weighted by atomic mass is 10.0. The predicted octanol–water partition coefficient (Wildman–Crippen LogP) is 6.78. The number of unbranched alkanes of at least 4 members (excludes halogenated alkanes) is 8. The minimum atomic E-state index is -0.00632. The highest BCUT2D eigenvalue weighted by molar-refractivity contribution is 6.09. The maximum absolute atomic E-state index is 12.4. The minimum absolute atomic E-state index is 0.00632. The van der Waals surface area contributed by atoms with Crippen LogP contribution in [-0.4, -0.2) is 11.7 Å². The quantitative estimate of drug-likeness (QED) is 0.308. The maximum atomic E-state index is 12.4. The van der Waals surface area contributed by atoms with Gasteiger partial charge in [-0.05, 0) is 30.7 Å². The number of rotatable bonds is 13. The van der Waals surface area contributed by atoms with E-state index in [1.54, 1.807) is 24.3 Å². The van der Waals surface area contributed by atoms with E-state index in [9.17, 15) is 9.59 Å². The number of carbonyl (C=O) groups excluding carboxylic acids is 2. The average molecular weight is 380 g/mol. The molecule has 2 aromatic rings. The van der Waals surface area contributed by atoms with Crippen LogP contribution in [0.15, 0.2) is 54.6 Å². The fourth-order valence-corrected chi connectivity index (χ4v) is 3.28. The molecule has 150 valence electrons. The van der Waals surface area contributed by atoms with Crippen molar-refractivity contribution in [3.05, 3.63) is 65.7 Å². The number of anilines is 1. The van der Waals surface area contributed by atoms with Crippen molar-refractivity contribution in [2.75, 3.05) is 5.32 Å². The standard InChI is InChI=1S/C25H33NO2/c1-2-3-4-5-6-7-8-9-13-16-24(27)26-23-19-17-22(18-20-23)25(28)21-14-11-10-12-15-21/h10-12,14-15,17-20H,2-9,13,16H2,1H3,(H,26,27). The zero-order valence-corrected chi connectivity index (χ0v) is 17.1. The molecule has 0 saturated heterocycles. The molecule has 0 spiro atoms. The first-order valence-electron chi connectivity index (χ1n) is 10.7. The number of amides is 1. The lowest BCUT2D eigenvalue weighted by Crippen LogP contribution is -2.11. The Morgan fingerprint density at radius 3 is 1.82 bits per heavy atom. The van der Waals surface area contributed by atoms with Gasteiger partial charge in [-0.2, -0.15) is 0 Å². The van der Waals surface area contributed by atoms with Gasteiger partial charge in [-0.1, -0.05) is 88.6 Å². The highest BCUT2D eigenvalue weighted by Gasteiger charge is 2.09. The smallest absolute Gasteiger partial charge is 0.224 e. The second kappa shape index (κ2) is 12.9. The van der Waals surface area contributed by atoms with Crippen LogP contribution in [0.25, 0.3) is 0 Å². The van der Waals surface area contributed by atoms with E-state index in [2.05, 4.69) is 12.2 Å². The largest absolute Gasteiger partial charge is 0.326 e. The van der Waals surface area contributed by atoms with Gasteiger partial charge < -0.3 is 5.32 Å². The van der Waals surface area contributed by atoms with Crippen LogP contribution < -0.4 is 5.32 Å². The molecule has 0 bridgehead atoms. The van der Waals surface area contributed by atoms with Gasteiger partial charge in [-0.3, -0.25) is 9.59 Å². The summed E-state index contributed by atoms with van der Waals surface area (Å²) in [6.45, 7) is 2.24. The second-order valence-electron chi connectivity index (χ2n) is 7.40.